The smallest absolute Gasteiger partial charge is 0.337 e. The highest BCUT2D eigenvalue weighted by atomic mass is 16.5. The Kier molecular flexibility index (Phi) is 5.20. The summed E-state index contributed by atoms with van der Waals surface area (Å²) in [6.45, 7) is 0.486. The zero-order chi connectivity index (χ0) is 15.9. The van der Waals surface area contributed by atoms with Gasteiger partial charge in [0.2, 0.25) is 0 Å². The number of benzene rings is 2. The fourth-order valence-corrected chi connectivity index (χ4v) is 1.98. The molecule has 0 saturated carbocycles. The van der Waals surface area contributed by atoms with Gasteiger partial charge in [0, 0.05) is 20.3 Å². The van der Waals surface area contributed by atoms with Gasteiger partial charge in [-0.25, -0.2) is 4.79 Å². The van der Waals surface area contributed by atoms with Gasteiger partial charge in [0.05, 0.1) is 5.57 Å². The highest BCUT2D eigenvalue weighted by molar-refractivity contribution is 6.15. The van der Waals surface area contributed by atoms with E-state index in [0.717, 1.165) is 5.56 Å². The van der Waals surface area contributed by atoms with Gasteiger partial charge in [-0.05, 0) is 23.3 Å². The molecule has 0 aromatic heterocycles. The summed E-state index contributed by atoms with van der Waals surface area (Å²) in [5, 5.41) is 9.27. The first-order valence-electron chi connectivity index (χ1n) is 6.95. The number of ether oxygens (including phenoxy) is 1. The number of hydrogen-bond acceptors (Lipinski definition) is 3. The van der Waals surface area contributed by atoms with E-state index in [4.69, 9.17) is 4.74 Å². The van der Waals surface area contributed by atoms with Crippen LogP contribution in [-0.4, -0.2) is 30.1 Å². The van der Waals surface area contributed by atoms with E-state index in [1.54, 1.807) is 49.5 Å². The third-order valence-corrected chi connectivity index (χ3v) is 3.03. The molecule has 2 aromatic carbocycles. The van der Waals surface area contributed by atoms with Crippen LogP contribution in [0.2, 0.25) is 0 Å². The van der Waals surface area contributed by atoms with Gasteiger partial charge >= 0.3 is 5.97 Å². The minimum atomic E-state index is -0.952. The van der Waals surface area contributed by atoms with E-state index in [1.165, 1.54) is 0 Å². The summed E-state index contributed by atoms with van der Waals surface area (Å²) in [6, 6.07) is 17.0. The Hall–Kier alpha value is -2.75. The second kappa shape index (κ2) is 7.31. The quantitative estimate of drug-likeness (QED) is 0.832. The van der Waals surface area contributed by atoms with E-state index in [0.29, 0.717) is 17.9 Å². The SMILES string of the molecule is CN(C)C=C(C(=O)O)c1ccc(OCc2ccccc2)cc1. The van der Waals surface area contributed by atoms with Crippen LogP contribution in [0.1, 0.15) is 11.1 Å². The molecule has 1 N–H and O–H groups in total. The van der Waals surface area contributed by atoms with Crippen molar-refractivity contribution in [2.45, 2.75) is 6.61 Å². The average molecular weight is 297 g/mol. The molecule has 22 heavy (non-hydrogen) atoms. The number of rotatable bonds is 6. The molecular weight excluding hydrogens is 278 g/mol. The normalized spacial score (nSPS) is 11.1. The molecule has 4 heteroatoms. The lowest BCUT2D eigenvalue weighted by atomic mass is 10.1. The van der Waals surface area contributed by atoms with Crippen LogP contribution in [0.4, 0.5) is 0 Å². The topological polar surface area (TPSA) is 49.8 Å². The van der Waals surface area contributed by atoms with Crippen LogP contribution >= 0.6 is 0 Å². The van der Waals surface area contributed by atoms with Crippen molar-refractivity contribution in [2.75, 3.05) is 14.1 Å². The predicted molar refractivity (Wildman–Crippen MR) is 86.5 cm³/mol. The lowest BCUT2D eigenvalue weighted by Crippen LogP contribution is -2.08. The largest absolute Gasteiger partial charge is 0.489 e. The first-order valence-corrected chi connectivity index (χ1v) is 6.95. The first-order chi connectivity index (χ1) is 10.6. The average Bonchev–Trinajstić information content (AvgIpc) is 2.52. The molecule has 0 aliphatic heterocycles. The maximum atomic E-state index is 11.3. The number of hydrogen-bond donors (Lipinski definition) is 1. The van der Waals surface area contributed by atoms with E-state index >= 15 is 0 Å². The van der Waals surface area contributed by atoms with Crippen LogP contribution in [0.3, 0.4) is 0 Å². The second-order valence-corrected chi connectivity index (χ2v) is 5.11. The summed E-state index contributed by atoms with van der Waals surface area (Å²) in [7, 11) is 3.58. The molecule has 4 nitrogen and oxygen atoms in total. The van der Waals surface area contributed by atoms with Crippen LogP contribution in [-0.2, 0) is 11.4 Å². The van der Waals surface area contributed by atoms with Gasteiger partial charge in [-0.2, -0.15) is 0 Å². The first kappa shape index (κ1) is 15.6. The van der Waals surface area contributed by atoms with Crippen molar-refractivity contribution < 1.29 is 14.6 Å². The maximum absolute atomic E-state index is 11.3. The number of carboxylic acid groups (broad SMARTS) is 1. The van der Waals surface area contributed by atoms with Crippen molar-refractivity contribution in [3.63, 3.8) is 0 Å². The van der Waals surface area contributed by atoms with Crippen LogP contribution < -0.4 is 4.74 Å². The van der Waals surface area contributed by atoms with E-state index in [1.807, 2.05) is 30.3 Å². The predicted octanol–water partition coefficient (Wildman–Crippen LogP) is 3.25. The van der Waals surface area contributed by atoms with E-state index < -0.39 is 5.97 Å². The van der Waals surface area contributed by atoms with Crippen LogP contribution in [0.15, 0.2) is 60.8 Å². The fraction of sp³-hybridized carbons (Fsp3) is 0.167. The number of carbonyl (C=O) groups is 1. The lowest BCUT2D eigenvalue weighted by molar-refractivity contribution is -0.130. The molecule has 2 rings (SSSR count). The number of carboxylic acids is 1. The third-order valence-electron chi connectivity index (χ3n) is 3.03. The second-order valence-electron chi connectivity index (χ2n) is 5.11. The van der Waals surface area contributed by atoms with Crippen LogP contribution in [0, 0.1) is 0 Å². The van der Waals surface area contributed by atoms with Gasteiger partial charge in [0.15, 0.2) is 0 Å². The summed E-state index contributed by atoms with van der Waals surface area (Å²) in [6.07, 6.45) is 1.59. The molecular formula is C18H19NO3. The summed E-state index contributed by atoms with van der Waals surface area (Å²) in [5.41, 5.74) is 1.98. The lowest BCUT2D eigenvalue weighted by Gasteiger charge is -2.10. The molecule has 0 heterocycles. The molecule has 0 bridgehead atoms. The molecule has 114 valence electrons. The van der Waals surface area contributed by atoms with Crippen molar-refractivity contribution >= 4 is 11.5 Å². The Bertz CT molecular complexity index is 646. The highest BCUT2D eigenvalue weighted by Crippen LogP contribution is 2.20. The minimum Gasteiger partial charge on any atom is -0.489 e. The fourth-order valence-electron chi connectivity index (χ4n) is 1.98. The van der Waals surface area contributed by atoms with Crippen molar-refractivity contribution in [1.82, 2.24) is 4.90 Å². The molecule has 2 aromatic rings. The van der Waals surface area contributed by atoms with Crippen molar-refractivity contribution in [3.8, 4) is 5.75 Å². The molecule has 0 aliphatic rings. The zero-order valence-electron chi connectivity index (χ0n) is 12.7. The molecule has 0 radical (unpaired) electrons. The monoisotopic (exact) mass is 297 g/mol. The summed E-state index contributed by atoms with van der Waals surface area (Å²) in [4.78, 5) is 13.0. The Morgan fingerprint density at radius 2 is 1.73 bits per heavy atom. The summed E-state index contributed by atoms with van der Waals surface area (Å²) < 4.78 is 5.69. The standard InChI is InChI=1S/C18H19NO3/c1-19(2)12-17(18(20)21)15-8-10-16(11-9-15)22-13-14-6-4-3-5-7-14/h3-12H,13H2,1-2H3,(H,20,21). The minimum absolute atomic E-state index is 0.250. The molecule has 0 spiro atoms. The Morgan fingerprint density at radius 1 is 1.09 bits per heavy atom. The summed E-state index contributed by atoms with van der Waals surface area (Å²) in [5.74, 6) is -0.242. The summed E-state index contributed by atoms with van der Waals surface area (Å²) >= 11 is 0. The molecule has 0 aliphatic carbocycles. The van der Waals surface area contributed by atoms with Crippen molar-refractivity contribution in [1.29, 1.82) is 0 Å². The Balaban J connectivity index is 2.08. The van der Waals surface area contributed by atoms with E-state index in [9.17, 15) is 9.90 Å². The molecule has 0 saturated heterocycles. The molecule has 0 fully saturated rings. The number of nitrogens with zero attached hydrogens (tertiary/aromatic N) is 1. The third kappa shape index (κ3) is 4.38. The zero-order valence-corrected chi connectivity index (χ0v) is 12.7. The highest BCUT2D eigenvalue weighted by Gasteiger charge is 2.10. The maximum Gasteiger partial charge on any atom is 0.337 e. The van der Waals surface area contributed by atoms with Crippen molar-refractivity contribution in [3.05, 3.63) is 71.9 Å². The van der Waals surface area contributed by atoms with Gasteiger partial charge < -0.3 is 14.7 Å². The van der Waals surface area contributed by atoms with Gasteiger partial charge in [0.25, 0.3) is 0 Å². The van der Waals surface area contributed by atoms with Gasteiger partial charge in [-0.1, -0.05) is 42.5 Å². The molecule has 0 unspecified atom stereocenters. The Morgan fingerprint density at radius 3 is 2.27 bits per heavy atom. The molecule has 0 amide bonds. The van der Waals surface area contributed by atoms with Crippen LogP contribution in [0.25, 0.3) is 5.57 Å². The Labute approximate surface area is 130 Å². The van der Waals surface area contributed by atoms with Crippen LogP contribution in [0.5, 0.6) is 5.75 Å². The van der Waals surface area contributed by atoms with Gasteiger partial charge in [-0.15, -0.1) is 0 Å². The number of aliphatic carboxylic acids is 1. The van der Waals surface area contributed by atoms with Gasteiger partial charge in [-0.3, -0.25) is 0 Å². The molecule has 0 atom stereocenters. The van der Waals surface area contributed by atoms with E-state index in [2.05, 4.69) is 0 Å². The van der Waals surface area contributed by atoms with E-state index in [-0.39, 0.29) is 5.57 Å². The van der Waals surface area contributed by atoms with Crippen molar-refractivity contribution in [2.24, 2.45) is 0 Å². The van der Waals surface area contributed by atoms with Gasteiger partial charge in [0.1, 0.15) is 12.4 Å².